The van der Waals surface area contributed by atoms with Gasteiger partial charge in [0.15, 0.2) is 5.78 Å². The molecule has 7 nitrogen and oxygen atoms in total. The fourth-order valence-corrected chi connectivity index (χ4v) is 5.35. The van der Waals surface area contributed by atoms with Gasteiger partial charge in [-0.15, -0.1) is 0 Å². The summed E-state index contributed by atoms with van der Waals surface area (Å²) in [6.07, 6.45) is 2.21. The van der Waals surface area contributed by atoms with E-state index in [4.69, 9.17) is 0 Å². The van der Waals surface area contributed by atoms with Crippen molar-refractivity contribution in [2.24, 2.45) is 5.92 Å². The van der Waals surface area contributed by atoms with Crippen molar-refractivity contribution in [2.45, 2.75) is 30.7 Å². The summed E-state index contributed by atoms with van der Waals surface area (Å²) >= 11 is 0. The molecule has 1 aliphatic carbocycles. The van der Waals surface area contributed by atoms with E-state index in [0.29, 0.717) is 24.6 Å². The van der Waals surface area contributed by atoms with Crippen LogP contribution in [0.3, 0.4) is 0 Å². The van der Waals surface area contributed by atoms with Crippen LogP contribution in [-0.4, -0.2) is 55.6 Å². The lowest BCUT2D eigenvalue weighted by Gasteiger charge is -2.35. The molecular weight excluding hydrogens is 414 g/mol. The van der Waals surface area contributed by atoms with Gasteiger partial charge in [0.1, 0.15) is 0 Å². The quantitative estimate of drug-likeness (QED) is 0.698. The molecule has 0 bridgehead atoms. The van der Waals surface area contributed by atoms with Gasteiger partial charge in [-0.25, -0.2) is 13.2 Å². The minimum absolute atomic E-state index is 0.00440. The molecule has 1 aliphatic heterocycles. The molecule has 2 aromatic rings. The molecule has 164 valence electrons. The fraction of sp³-hybridized carbons (Fsp3) is 0.391. The summed E-state index contributed by atoms with van der Waals surface area (Å²) in [6, 6.07) is 15.8. The Kier molecular flexibility index (Phi) is 6.11. The second-order valence-electron chi connectivity index (χ2n) is 8.15. The van der Waals surface area contributed by atoms with Crippen molar-refractivity contribution < 1.29 is 18.0 Å². The van der Waals surface area contributed by atoms with E-state index in [1.54, 1.807) is 4.90 Å². The number of nitrogens with zero attached hydrogens (tertiary/aromatic N) is 2. The largest absolute Gasteiger partial charge is 0.331 e. The Morgan fingerprint density at radius 1 is 0.935 bits per heavy atom. The average molecular weight is 442 g/mol. The van der Waals surface area contributed by atoms with Crippen molar-refractivity contribution in [3.63, 3.8) is 0 Å². The summed E-state index contributed by atoms with van der Waals surface area (Å²) in [5, 5.41) is 3.15. The average Bonchev–Trinajstić information content (AvgIpc) is 3.63. The van der Waals surface area contributed by atoms with Crippen LogP contribution in [0.2, 0.25) is 0 Å². The first-order chi connectivity index (χ1) is 14.9. The predicted molar refractivity (Wildman–Crippen MR) is 117 cm³/mol. The Hall–Kier alpha value is -2.71. The van der Waals surface area contributed by atoms with Crippen LogP contribution in [-0.2, 0) is 10.0 Å². The number of nitrogens with one attached hydrogen (secondary N) is 1. The minimum atomic E-state index is -3.66. The Morgan fingerprint density at radius 2 is 1.55 bits per heavy atom. The summed E-state index contributed by atoms with van der Waals surface area (Å²) in [6.45, 7) is 2.60. The van der Waals surface area contributed by atoms with E-state index >= 15 is 0 Å². The number of carbonyl (C=O) groups is 2. The normalized spacial score (nSPS) is 18.4. The predicted octanol–water partition coefficient (Wildman–Crippen LogP) is 3.06. The van der Waals surface area contributed by atoms with Crippen LogP contribution in [0.5, 0.6) is 0 Å². The third-order valence-corrected chi connectivity index (χ3v) is 7.87. The number of hydrogen-bond donors (Lipinski definition) is 1. The molecule has 4 rings (SSSR count). The van der Waals surface area contributed by atoms with Crippen LogP contribution in [0.15, 0.2) is 59.5 Å². The van der Waals surface area contributed by atoms with E-state index in [9.17, 15) is 18.0 Å². The maximum Gasteiger partial charge on any atom is 0.317 e. The van der Waals surface area contributed by atoms with Gasteiger partial charge >= 0.3 is 6.03 Å². The van der Waals surface area contributed by atoms with Crippen LogP contribution in [0.25, 0.3) is 0 Å². The molecule has 2 aliphatic rings. The highest BCUT2D eigenvalue weighted by Gasteiger charge is 2.35. The van der Waals surface area contributed by atoms with Gasteiger partial charge in [0, 0.05) is 31.7 Å². The van der Waals surface area contributed by atoms with E-state index in [1.165, 1.54) is 35.5 Å². The number of benzene rings is 2. The van der Waals surface area contributed by atoms with Crippen LogP contribution in [0.4, 0.5) is 4.79 Å². The van der Waals surface area contributed by atoms with Crippen LogP contribution in [0, 0.1) is 5.92 Å². The molecule has 1 saturated carbocycles. The van der Waals surface area contributed by atoms with Crippen molar-refractivity contribution in [2.75, 3.05) is 26.2 Å². The number of Topliss-reactive ketones (excluding diaryl/α,β-unsaturated/α-hetero) is 1. The van der Waals surface area contributed by atoms with Crippen LogP contribution in [0.1, 0.15) is 41.7 Å². The molecule has 0 radical (unpaired) electrons. The highest BCUT2D eigenvalue weighted by atomic mass is 32.2. The second-order valence-corrected chi connectivity index (χ2v) is 10.1. The van der Waals surface area contributed by atoms with E-state index in [1.807, 2.05) is 30.3 Å². The third-order valence-electron chi connectivity index (χ3n) is 5.96. The Morgan fingerprint density at radius 3 is 2.10 bits per heavy atom. The molecule has 1 atom stereocenters. The molecule has 31 heavy (non-hydrogen) atoms. The molecule has 2 aromatic carbocycles. The van der Waals surface area contributed by atoms with Gasteiger partial charge in [0.25, 0.3) is 0 Å². The second kappa shape index (κ2) is 8.80. The lowest BCUT2D eigenvalue weighted by molar-refractivity contribution is 0.101. The first kappa shape index (κ1) is 21.5. The lowest BCUT2D eigenvalue weighted by Crippen LogP contribution is -2.53. The first-order valence-electron chi connectivity index (χ1n) is 10.6. The molecule has 2 fully saturated rings. The molecule has 1 saturated heterocycles. The van der Waals surface area contributed by atoms with Crippen molar-refractivity contribution >= 4 is 21.8 Å². The molecule has 2 amide bonds. The smallest absolute Gasteiger partial charge is 0.317 e. The number of sulfonamides is 1. The number of ketones is 1. The lowest BCUT2D eigenvalue weighted by atomic mass is 10.0. The van der Waals surface area contributed by atoms with Crippen LogP contribution >= 0.6 is 0 Å². The topological polar surface area (TPSA) is 86.8 Å². The standard InChI is InChI=1S/C23H27N3O4S/c1-17(27)18-9-11-21(12-10-18)31(29,30)26-15-13-25(14-16-26)23(28)24-22(20-7-8-20)19-5-3-2-4-6-19/h2-6,9-12,20,22H,7-8,13-16H2,1H3,(H,24,28)/t22-/m0/s1. The number of carbonyl (C=O) groups excluding carboxylic acids is 2. The summed E-state index contributed by atoms with van der Waals surface area (Å²) < 4.78 is 27.3. The van der Waals surface area contributed by atoms with E-state index in [0.717, 1.165) is 18.4 Å². The number of urea groups is 1. The maximum absolute atomic E-state index is 12.9. The van der Waals surface area contributed by atoms with Gasteiger partial charge in [-0.05, 0) is 43.4 Å². The molecular formula is C23H27N3O4S. The van der Waals surface area contributed by atoms with Gasteiger partial charge in [-0.2, -0.15) is 4.31 Å². The number of rotatable bonds is 6. The summed E-state index contributed by atoms with van der Waals surface area (Å²) in [5.41, 5.74) is 1.58. The van der Waals surface area contributed by atoms with Gasteiger partial charge in [-0.3, -0.25) is 4.79 Å². The third kappa shape index (κ3) is 4.80. The maximum atomic E-state index is 12.9. The number of piperazine rings is 1. The Balaban J connectivity index is 1.37. The van der Waals surface area contributed by atoms with Crippen LogP contribution < -0.4 is 5.32 Å². The van der Waals surface area contributed by atoms with Gasteiger partial charge in [0.2, 0.25) is 10.0 Å². The molecule has 0 unspecified atom stereocenters. The molecule has 0 spiro atoms. The minimum Gasteiger partial charge on any atom is -0.331 e. The van der Waals surface area contributed by atoms with Crippen molar-refractivity contribution in [3.8, 4) is 0 Å². The van der Waals surface area contributed by atoms with E-state index in [-0.39, 0.29) is 35.8 Å². The molecule has 1 heterocycles. The Labute approximate surface area is 183 Å². The van der Waals surface area contributed by atoms with E-state index < -0.39 is 10.0 Å². The van der Waals surface area contributed by atoms with Crippen molar-refractivity contribution in [3.05, 3.63) is 65.7 Å². The first-order valence-corrected chi connectivity index (χ1v) is 12.0. The zero-order valence-corrected chi connectivity index (χ0v) is 18.3. The number of hydrogen-bond acceptors (Lipinski definition) is 4. The Bertz CT molecular complexity index is 1040. The highest BCUT2D eigenvalue weighted by Crippen LogP contribution is 2.41. The van der Waals surface area contributed by atoms with Gasteiger partial charge in [0.05, 0.1) is 10.9 Å². The summed E-state index contributed by atoms with van der Waals surface area (Å²) in [5.74, 6) is 0.356. The zero-order valence-electron chi connectivity index (χ0n) is 17.5. The fourth-order valence-electron chi connectivity index (χ4n) is 3.93. The monoisotopic (exact) mass is 441 g/mol. The van der Waals surface area contributed by atoms with Gasteiger partial charge in [-0.1, -0.05) is 42.5 Å². The zero-order chi connectivity index (χ0) is 22.0. The molecule has 8 heteroatoms. The van der Waals surface area contributed by atoms with E-state index in [2.05, 4.69) is 5.32 Å². The highest BCUT2D eigenvalue weighted by molar-refractivity contribution is 7.89. The summed E-state index contributed by atoms with van der Waals surface area (Å²) in [4.78, 5) is 26.1. The van der Waals surface area contributed by atoms with Crippen molar-refractivity contribution in [1.82, 2.24) is 14.5 Å². The summed E-state index contributed by atoms with van der Waals surface area (Å²) in [7, 11) is -3.66. The SMILES string of the molecule is CC(=O)c1ccc(S(=O)(=O)N2CCN(C(=O)N[C@@H](c3ccccc3)C3CC3)CC2)cc1. The number of amides is 2. The van der Waals surface area contributed by atoms with Crippen molar-refractivity contribution in [1.29, 1.82) is 0 Å². The molecule has 0 aromatic heterocycles. The van der Waals surface area contributed by atoms with Gasteiger partial charge < -0.3 is 10.2 Å². The molecule has 1 N–H and O–H groups in total.